The lowest BCUT2D eigenvalue weighted by Crippen LogP contribution is -1.81. The molecule has 0 saturated carbocycles. The van der Waals surface area contributed by atoms with Crippen molar-refractivity contribution in [3.8, 4) is 11.8 Å². The molecule has 0 amide bonds. The van der Waals surface area contributed by atoms with Crippen LogP contribution in [-0.4, -0.2) is 0 Å². The van der Waals surface area contributed by atoms with Crippen LogP contribution >= 0.6 is 11.6 Å². The van der Waals surface area contributed by atoms with Crippen molar-refractivity contribution in [1.82, 2.24) is 0 Å². The minimum Gasteiger partial charge on any atom is -0.0979 e. The summed E-state index contributed by atoms with van der Waals surface area (Å²) in [5, 5.41) is 0.720. The van der Waals surface area contributed by atoms with Crippen LogP contribution in [0.5, 0.6) is 0 Å². The Bertz CT molecular complexity index is 421. The van der Waals surface area contributed by atoms with E-state index in [1.54, 1.807) is 0 Å². The number of allylic oxidation sites excluding steroid dienone is 1. The Morgan fingerprint density at radius 2 is 2.00 bits per heavy atom. The van der Waals surface area contributed by atoms with E-state index in [0.29, 0.717) is 0 Å². The van der Waals surface area contributed by atoms with Crippen molar-refractivity contribution in [3.63, 3.8) is 0 Å². The minimum atomic E-state index is 0.720. The highest BCUT2D eigenvalue weighted by atomic mass is 35.5. The van der Waals surface area contributed by atoms with Gasteiger partial charge in [-0.15, -0.1) is 0 Å². The van der Waals surface area contributed by atoms with Gasteiger partial charge >= 0.3 is 0 Å². The fourth-order valence-corrected chi connectivity index (χ4v) is 1.83. The molecule has 0 nitrogen and oxygen atoms in total. The molecule has 0 fully saturated rings. The SMILES string of the molecule is C=C(C#CCCCCCC)c1ccccc1Cl. The molecule has 1 rings (SSSR count). The smallest absolute Gasteiger partial charge is 0.0490 e. The highest BCUT2D eigenvalue weighted by molar-refractivity contribution is 6.32. The third kappa shape index (κ3) is 5.11. The molecule has 0 aliphatic carbocycles. The zero-order valence-corrected chi connectivity index (χ0v) is 11.2. The molecule has 0 aromatic heterocycles. The van der Waals surface area contributed by atoms with Gasteiger partial charge in [0.1, 0.15) is 0 Å². The summed E-state index contributed by atoms with van der Waals surface area (Å²) in [6, 6.07) is 7.69. The molecule has 0 N–H and O–H groups in total. The van der Waals surface area contributed by atoms with Gasteiger partial charge in [0, 0.05) is 22.6 Å². The minimum absolute atomic E-state index is 0.720. The predicted octanol–water partition coefficient (Wildman–Crippen LogP) is 5.33. The maximum absolute atomic E-state index is 6.07. The Balaban J connectivity index is 2.45. The number of halogens is 1. The molecule has 1 aromatic carbocycles. The largest absolute Gasteiger partial charge is 0.0979 e. The molecule has 0 bridgehead atoms. The van der Waals surface area contributed by atoms with E-state index in [1.807, 2.05) is 24.3 Å². The third-order valence-corrected chi connectivity index (χ3v) is 2.92. The van der Waals surface area contributed by atoms with Crippen LogP contribution < -0.4 is 0 Å². The van der Waals surface area contributed by atoms with Crippen LogP contribution in [0.25, 0.3) is 5.57 Å². The fourth-order valence-electron chi connectivity index (χ4n) is 1.58. The van der Waals surface area contributed by atoms with E-state index in [4.69, 9.17) is 11.6 Å². The van der Waals surface area contributed by atoms with Gasteiger partial charge in [-0.3, -0.25) is 0 Å². The molecule has 0 aliphatic heterocycles. The van der Waals surface area contributed by atoms with E-state index in [0.717, 1.165) is 22.6 Å². The first-order valence-corrected chi connectivity index (χ1v) is 6.56. The third-order valence-electron chi connectivity index (χ3n) is 2.59. The molecule has 0 radical (unpaired) electrons. The van der Waals surface area contributed by atoms with Crippen LogP contribution in [0.15, 0.2) is 30.8 Å². The van der Waals surface area contributed by atoms with Crippen LogP contribution in [-0.2, 0) is 0 Å². The number of rotatable bonds is 5. The number of hydrogen-bond donors (Lipinski definition) is 0. The van der Waals surface area contributed by atoms with Crippen molar-refractivity contribution in [2.45, 2.75) is 39.0 Å². The normalized spacial score (nSPS) is 9.53. The number of hydrogen-bond acceptors (Lipinski definition) is 0. The second-order valence-corrected chi connectivity index (χ2v) is 4.48. The first-order valence-electron chi connectivity index (χ1n) is 6.18. The van der Waals surface area contributed by atoms with Crippen LogP contribution in [0, 0.1) is 11.8 Å². The van der Waals surface area contributed by atoms with Crippen molar-refractivity contribution in [1.29, 1.82) is 0 Å². The number of unbranched alkanes of at least 4 members (excludes halogenated alkanes) is 4. The van der Waals surface area contributed by atoms with Gasteiger partial charge in [0.25, 0.3) is 0 Å². The van der Waals surface area contributed by atoms with E-state index in [1.165, 1.54) is 25.7 Å². The van der Waals surface area contributed by atoms with Crippen molar-refractivity contribution in [2.75, 3.05) is 0 Å². The molecule has 1 aromatic rings. The van der Waals surface area contributed by atoms with E-state index >= 15 is 0 Å². The van der Waals surface area contributed by atoms with Gasteiger partial charge < -0.3 is 0 Å². The summed E-state index contributed by atoms with van der Waals surface area (Å²) in [7, 11) is 0. The molecule has 0 spiro atoms. The molecule has 0 aliphatic rings. The van der Waals surface area contributed by atoms with Crippen molar-refractivity contribution in [2.24, 2.45) is 0 Å². The lowest BCUT2D eigenvalue weighted by molar-refractivity contribution is 0.680. The van der Waals surface area contributed by atoms with Gasteiger partial charge in [0.15, 0.2) is 0 Å². The Morgan fingerprint density at radius 3 is 2.71 bits per heavy atom. The number of benzene rings is 1. The van der Waals surface area contributed by atoms with Gasteiger partial charge in [-0.05, 0) is 12.5 Å². The average Bonchev–Trinajstić information content (AvgIpc) is 2.34. The van der Waals surface area contributed by atoms with Crippen molar-refractivity contribution < 1.29 is 0 Å². The Labute approximate surface area is 110 Å². The summed E-state index contributed by atoms with van der Waals surface area (Å²) in [6.45, 7) is 6.17. The lowest BCUT2D eigenvalue weighted by atomic mass is 10.1. The molecule has 1 heteroatoms. The summed E-state index contributed by atoms with van der Waals surface area (Å²) in [4.78, 5) is 0. The Morgan fingerprint density at radius 1 is 1.24 bits per heavy atom. The van der Waals surface area contributed by atoms with Crippen LogP contribution in [0.2, 0.25) is 5.02 Å². The topological polar surface area (TPSA) is 0 Å². The quantitative estimate of drug-likeness (QED) is 0.487. The molecular weight excluding hydrogens is 228 g/mol. The van der Waals surface area contributed by atoms with Gasteiger partial charge in [0.2, 0.25) is 0 Å². The first kappa shape index (κ1) is 13.9. The van der Waals surface area contributed by atoms with Crippen LogP contribution in [0.1, 0.15) is 44.6 Å². The maximum Gasteiger partial charge on any atom is 0.0490 e. The van der Waals surface area contributed by atoms with E-state index in [-0.39, 0.29) is 0 Å². The van der Waals surface area contributed by atoms with Crippen molar-refractivity contribution >= 4 is 17.2 Å². The molecule has 0 unspecified atom stereocenters. The first-order chi connectivity index (χ1) is 8.25. The molecule has 0 atom stereocenters. The summed E-state index contributed by atoms with van der Waals surface area (Å²) in [5.41, 5.74) is 1.75. The Hall–Kier alpha value is -1.19. The fraction of sp³-hybridized carbons (Fsp3) is 0.375. The molecule has 0 heterocycles. The highest BCUT2D eigenvalue weighted by Gasteiger charge is 1.99. The average molecular weight is 247 g/mol. The summed E-state index contributed by atoms with van der Waals surface area (Å²) in [5.74, 6) is 6.25. The molecular formula is C16H19Cl. The second-order valence-electron chi connectivity index (χ2n) is 4.07. The molecule has 17 heavy (non-hydrogen) atoms. The van der Waals surface area contributed by atoms with E-state index in [9.17, 15) is 0 Å². The maximum atomic E-state index is 6.07. The summed E-state index contributed by atoms with van der Waals surface area (Å²) >= 11 is 6.07. The zero-order chi connectivity index (χ0) is 12.5. The predicted molar refractivity (Wildman–Crippen MR) is 77.0 cm³/mol. The summed E-state index contributed by atoms with van der Waals surface area (Å²) < 4.78 is 0. The Kier molecular flexibility index (Phi) is 6.51. The van der Waals surface area contributed by atoms with E-state index < -0.39 is 0 Å². The van der Waals surface area contributed by atoms with Gasteiger partial charge in [-0.1, -0.05) is 74.4 Å². The van der Waals surface area contributed by atoms with Gasteiger partial charge in [-0.25, -0.2) is 0 Å². The monoisotopic (exact) mass is 246 g/mol. The lowest BCUT2D eigenvalue weighted by Gasteiger charge is -2.00. The highest BCUT2D eigenvalue weighted by Crippen LogP contribution is 2.21. The van der Waals surface area contributed by atoms with Crippen molar-refractivity contribution in [3.05, 3.63) is 41.4 Å². The zero-order valence-electron chi connectivity index (χ0n) is 10.4. The van der Waals surface area contributed by atoms with Gasteiger partial charge in [0.05, 0.1) is 0 Å². The van der Waals surface area contributed by atoms with Crippen LogP contribution in [0.4, 0.5) is 0 Å². The van der Waals surface area contributed by atoms with Crippen LogP contribution in [0.3, 0.4) is 0 Å². The molecule has 90 valence electrons. The summed E-state index contributed by atoms with van der Waals surface area (Å²) in [6.07, 6.45) is 5.96. The standard InChI is InChI=1S/C16H19Cl/c1-3-4-5-6-7-8-11-14(2)15-12-9-10-13-16(15)17/h9-10,12-13H,2-7H2,1H3. The van der Waals surface area contributed by atoms with E-state index in [2.05, 4.69) is 25.3 Å². The molecule has 0 saturated heterocycles. The van der Waals surface area contributed by atoms with Gasteiger partial charge in [-0.2, -0.15) is 0 Å². The second kappa shape index (κ2) is 7.98.